The number of nitrogens with zero attached hydrogens (tertiary/aromatic N) is 1. The summed E-state index contributed by atoms with van der Waals surface area (Å²) in [6.07, 6.45) is 1.79. The summed E-state index contributed by atoms with van der Waals surface area (Å²) in [6.45, 7) is 0. The van der Waals surface area contributed by atoms with E-state index in [0.29, 0.717) is 11.9 Å². The maximum Gasteiger partial charge on any atom is 0.337 e. The van der Waals surface area contributed by atoms with E-state index in [0.717, 1.165) is 17.3 Å². The molecule has 0 heterocycles. The topological polar surface area (TPSA) is 92.5 Å². The van der Waals surface area contributed by atoms with E-state index in [9.17, 15) is 20.0 Å². The Morgan fingerprint density at radius 3 is 2.48 bits per heavy atom. The van der Waals surface area contributed by atoms with Crippen LogP contribution in [0.5, 0.6) is 0 Å². The van der Waals surface area contributed by atoms with E-state index < -0.39 is 10.9 Å². The number of anilines is 1. The van der Waals surface area contributed by atoms with Gasteiger partial charge in [0.05, 0.1) is 22.4 Å². The number of carboxylic acids is 1. The van der Waals surface area contributed by atoms with Gasteiger partial charge < -0.3 is 10.4 Å². The molecule has 0 unspecified atom stereocenters. The van der Waals surface area contributed by atoms with E-state index >= 15 is 0 Å². The number of carboxylic acid groups (broad SMARTS) is 1. The van der Waals surface area contributed by atoms with Gasteiger partial charge in [-0.3, -0.25) is 10.1 Å². The van der Waals surface area contributed by atoms with Gasteiger partial charge in [0.1, 0.15) is 0 Å². The summed E-state index contributed by atoms with van der Waals surface area (Å²) in [5.74, 6) is -1.11. The highest BCUT2D eigenvalue weighted by Gasteiger charge is 2.11. The van der Waals surface area contributed by atoms with Crippen LogP contribution in [0.15, 0.2) is 60.9 Å². The second kappa shape index (κ2) is 6.33. The number of aromatic carboxylic acids is 1. The van der Waals surface area contributed by atoms with Crippen LogP contribution in [0.4, 0.5) is 5.69 Å². The van der Waals surface area contributed by atoms with Crippen LogP contribution in [-0.2, 0) is 0 Å². The van der Waals surface area contributed by atoms with Crippen LogP contribution >= 0.6 is 0 Å². The fourth-order valence-electron chi connectivity index (χ4n) is 1.85. The Kier molecular flexibility index (Phi) is 4.30. The summed E-state index contributed by atoms with van der Waals surface area (Å²) in [6, 6.07) is 14.2. The number of benzene rings is 2. The molecule has 0 aliphatic heterocycles. The SMILES string of the molecule is O=C(O)c1cc(-c2ccccc2)ccc1NC=C[N+](=O)[O-]. The van der Waals surface area contributed by atoms with Crippen molar-refractivity contribution in [3.63, 3.8) is 0 Å². The summed E-state index contributed by atoms with van der Waals surface area (Å²) in [5.41, 5.74) is 1.99. The fourth-order valence-corrected chi connectivity index (χ4v) is 1.85. The maximum absolute atomic E-state index is 11.3. The van der Waals surface area contributed by atoms with Crippen LogP contribution < -0.4 is 5.32 Å². The molecular weight excluding hydrogens is 272 g/mol. The molecule has 0 bridgehead atoms. The van der Waals surface area contributed by atoms with Gasteiger partial charge in [0.25, 0.3) is 0 Å². The van der Waals surface area contributed by atoms with E-state index in [-0.39, 0.29) is 5.56 Å². The van der Waals surface area contributed by atoms with Gasteiger partial charge in [-0.15, -0.1) is 0 Å². The summed E-state index contributed by atoms with van der Waals surface area (Å²) in [5, 5.41) is 22.1. The summed E-state index contributed by atoms with van der Waals surface area (Å²) < 4.78 is 0. The van der Waals surface area contributed by atoms with Crippen molar-refractivity contribution in [2.45, 2.75) is 0 Å². The zero-order chi connectivity index (χ0) is 15.2. The van der Waals surface area contributed by atoms with Gasteiger partial charge in [-0.2, -0.15) is 0 Å². The van der Waals surface area contributed by atoms with E-state index in [2.05, 4.69) is 5.32 Å². The zero-order valence-corrected chi connectivity index (χ0v) is 10.9. The number of nitro groups is 1. The molecule has 0 spiro atoms. The van der Waals surface area contributed by atoms with Crippen molar-refractivity contribution in [3.8, 4) is 11.1 Å². The minimum absolute atomic E-state index is 0.0457. The Hall–Kier alpha value is -3.15. The number of hydrogen-bond acceptors (Lipinski definition) is 4. The summed E-state index contributed by atoms with van der Waals surface area (Å²) in [7, 11) is 0. The number of rotatable bonds is 5. The lowest BCUT2D eigenvalue weighted by atomic mass is 10.0. The van der Waals surface area contributed by atoms with Crippen molar-refractivity contribution in [2.24, 2.45) is 0 Å². The molecule has 0 aromatic heterocycles. The molecule has 0 fully saturated rings. The van der Waals surface area contributed by atoms with Crippen molar-refractivity contribution >= 4 is 11.7 Å². The lowest BCUT2D eigenvalue weighted by molar-refractivity contribution is -0.402. The van der Waals surface area contributed by atoms with Crippen LogP contribution in [0.2, 0.25) is 0 Å². The number of nitrogens with one attached hydrogen (secondary N) is 1. The highest BCUT2D eigenvalue weighted by molar-refractivity contribution is 5.96. The van der Waals surface area contributed by atoms with Gasteiger partial charge in [-0.25, -0.2) is 4.79 Å². The average molecular weight is 284 g/mol. The van der Waals surface area contributed by atoms with Crippen molar-refractivity contribution in [3.05, 3.63) is 76.6 Å². The number of carbonyl (C=O) groups is 1. The van der Waals surface area contributed by atoms with E-state index in [1.54, 1.807) is 12.1 Å². The van der Waals surface area contributed by atoms with Gasteiger partial charge in [0, 0.05) is 0 Å². The minimum Gasteiger partial charge on any atom is -0.478 e. The molecule has 6 heteroatoms. The molecule has 106 valence electrons. The van der Waals surface area contributed by atoms with E-state index in [1.807, 2.05) is 30.3 Å². The third kappa shape index (κ3) is 3.66. The Morgan fingerprint density at radius 1 is 1.14 bits per heavy atom. The first-order chi connectivity index (χ1) is 10.1. The summed E-state index contributed by atoms with van der Waals surface area (Å²) in [4.78, 5) is 20.9. The van der Waals surface area contributed by atoms with Crippen molar-refractivity contribution in [2.75, 3.05) is 5.32 Å². The molecule has 0 saturated carbocycles. The Labute approximate surface area is 120 Å². The van der Waals surface area contributed by atoms with Gasteiger partial charge in [0.15, 0.2) is 0 Å². The molecule has 2 rings (SSSR count). The molecule has 0 saturated heterocycles. The van der Waals surface area contributed by atoms with Crippen LogP contribution in [0, 0.1) is 10.1 Å². The minimum atomic E-state index is -1.11. The molecule has 2 N–H and O–H groups in total. The highest BCUT2D eigenvalue weighted by Crippen LogP contribution is 2.25. The predicted octanol–water partition coefficient (Wildman–Crippen LogP) is 3.21. The highest BCUT2D eigenvalue weighted by atomic mass is 16.6. The first-order valence-electron chi connectivity index (χ1n) is 6.07. The average Bonchev–Trinajstić information content (AvgIpc) is 2.48. The normalized spacial score (nSPS) is 10.5. The van der Waals surface area contributed by atoms with E-state index in [1.165, 1.54) is 6.07 Å². The molecule has 6 nitrogen and oxygen atoms in total. The van der Waals surface area contributed by atoms with Gasteiger partial charge in [-0.05, 0) is 23.3 Å². The standard InChI is InChI=1S/C15H12N2O4/c18-15(19)13-10-12(11-4-2-1-3-5-11)6-7-14(13)16-8-9-17(20)21/h1-10,16H,(H,18,19). The molecule has 0 radical (unpaired) electrons. The van der Waals surface area contributed by atoms with Crippen LogP contribution in [0.25, 0.3) is 11.1 Å². The molecule has 0 aliphatic carbocycles. The van der Waals surface area contributed by atoms with E-state index in [4.69, 9.17) is 0 Å². The monoisotopic (exact) mass is 284 g/mol. The number of hydrogen-bond donors (Lipinski definition) is 2. The molecule has 2 aromatic carbocycles. The lowest BCUT2D eigenvalue weighted by Gasteiger charge is -2.08. The van der Waals surface area contributed by atoms with Crippen molar-refractivity contribution in [1.82, 2.24) is 0 Å². The molecule has 0 amide bonds. The Balaban J connectivity index is 2.36. The smallest absolute Gasteiger partial charge is 0.337 e. The molecular formula is C15H12N2O4. The van der Waals surface area contributed by atoms with Gasteiger partial charge >= 0.3 is 5.97 Å². The molecule has 21 heavy (non-hydrogen) atoms. The first-order valence-corrected chi connectivity index (χ1v) is 6.07. The third-order valence-corrected chi connectivity index (χ3v) is 2.79. The van der Waals surface area contributed by atoms with Crippen LogP contribution in [-0.4, -0.2) is 16.0 Å². The van der Waals surface area contributed by atoms with Crippen molar-refractivity contribution < 1.29 is 14.8 Å². The quantitative estimate of drug-likeness (QED) is 0.649. The van der Waals surface area contributed by atoms with Gasteiger partial charge in [-0.1, -0.05) is 36.4 Å². The predicted molar refractivity (Wildman–Crippen MR) is 78.6 cm³/mol. The molecule has 0 atom stereocenters. The third-order valence-electron chi connectivity index (χ3n) is 2.79. The van der Waals surface area contributed by atoms with Gasteiger partial charge in [0.2, 0.25) is 6.20 Å². The molecule has 0 aliphatic rings. The summed E-state index contributed by atoms with van der Waals surface area (Å²) >= 11 is 0. The Morgan fingerprint density at radius 2 is 1.86 bits per heavy atom. The maximum atomic E-state index is 11.3. The zero-order valence-electron chi connectivity index (χ0n) is 10.9. The Bertz CT molecular complexity index is 696. The van der Waals surface area contributed by atoms with Crippen LogP contribution in [0.3, 0.4) is 0 Å². The second-order valence-electron chi connectivity index (χ2n) is 4.18. The first kappa shape index (κ1) is 14.3. The van der Waals surface area contributed by atoms with Crippen LogP contribution in [0.1, 0.15) is 10.4 Å². The second-order valence-corrected chi connectivity index (χ2v) is 4.18. The lowest BCUT2D eigenvalue weighted by Crippen LogP contribution is -2.03. The van der Waals surface area contributed by atoms with Crippen molar-refractivity contribution in [1.29, 1.82) is 0 Å². The molecule has 2 aromatic rings. The largest absolute Gasteiger partial charge is 0.478 e. The fraction of sp³-hybridized carbons (Fsp3) is 0.